The van der Waals surface area contributed by atoms with Gasteiger partial charge < -0.3 is 11.1 Å². The van der Waals surface area contributed by atoms with E-state index in [1.54, 1.807) is 11.3 Å². The summed E-state index contributed by atoms with van der Waals surface area (Å²) >= 11 is 1.68. The highest BCUT2D eigenvalue weighted by Crippen LogP contribution is 2.10. The number of rotatable bonds is 5. The van der Waals surface area contributed by atoms with Crippen molar-refractivity contribution in [3.8, 4) is 0 Å². The van der Waals surface area contributed by atoms with Gasteiger partial charge in [0, 0.05) is 11.9 Å². The predicted octanol–water partition coefficient (Wildman–Crippen LogP) is 1.52. The molecule has 5 heteroatoms. The molecule has 3 N–H and O–H groups in total. The van der Waals surface area contributed by atoms with Gasteiger partial charge in [-0.1, -0.05) is 13.8 Å². The summed E-state index contributed by atoms with van der Waals surface area (Å²) in [6.45, 7) is 5.63. The zero-order chi connectivity index (χ0) is 11.1. The van der Waals surface area contributed by atoms with E-state index in [9.17, 15) is 0 Å². The van der Waals surface area contributed by atoms with Gasteiger partial charge in [0.15, 0.2) is 5.96 Å². The van der Waals surface area contributed by atoms with Crippen LogP contribution in [0, 0.1) is 0 Å². The molecule has 1 aromatic rings. The zero-order valence-corrected chi connectivity index (χ0v) is 10.1. The Balaban J connectivity index is 2.41. The SMILES string of the molecule is CCCNC(N)=NCc1csc(CC)n1. The third kappa shape index (κ3) is 4.29. The lowest BCUT2D eigenvalue weighted by atomic mass is 10.4. The lowest BCUT2D eigenvalue weighted by Crippen LogP contribution is -2.32. The molecule has 84 valence electrons. The molecule has 15 heavy (non-hydrogen) atoms. The van der Waals surface area contributed by atoms with Crippen LogP contribution in [0.15, 0.2) is 10.4 Å². The van der Waals surface area contributed by atoms with Gasteiger partial charge in [-0.2, -0.15) is 0 Å². The van der Waals surface area contributed by atoms with E-state index in [1.165, 1.54) is 0 Å². The van der Waals surface area contributed by atoms with Gasteiger partial charge in [0.1, 0.15) is 0 Å². The van der Waals surface area contributed by atoms with Crippen LogP contribution in [0.4, 0.5) is 0 Å². The van der Waals surface area contributed by atoms with Gasteiger partial charge >= 0.3 is 0 Å². The maximum atomic E-state index is 5.66. The first-order valence-corrected chi connectivity index (χ1v) is 6.11. The highest BCUT2D eigenvalue weighted by Gasteiger charge is 1.99. The second-order valence-electron chi connectivity index (χ2n) is 3.21. The molecule has 1 aromatic heterocycles. The maximum Gasteiger partial charge on any atom is 0.188 e. The second kappa shape index (κ2) is 6.40. The molecule has 0 aliphatic heterocycles. The quantitative estimate of drug-likeness (QED) is 0.591. The first-order chi connectivity index (χ1) is 7.26. The van der Waals surface area contributed by atoms with E-state index >= 15 is 0 Å². The van der Waals surface area contributed by atoms with Crippen molar-refractivity contribution >= 4 is 17.3 Å². The van der Waals surface area contributed by atoms with Gasteiger partial charge in [0.05, 0.1) is 17.2 Å². The summed E-state index contributed by atoms with van der Waals surface area (Å²) in [7, 11) is 0. The van der Waals surface area contributed by atoms with Gasteiger partial charge in [-0.05, 0) is 12.8 Å². The normalized spacial score (nSPS) is 11.7. The molecule has 0 aliphatic rings. The highest BCUT2D eigenvalue weighted by atomic mass is 32.1. The predicted molar refractivity (Wildman–Crippen MR) is 65.1 cm³/mol. The van der Waals surface area contributed by atoms with Crippen LogP contribution in [0.5, 0.6) is 0 Å². The number of nitrogens with zero attached hydrogens (tertiary/aromatic N) is 2. The van der Waals surface area contributed by atoms with Crippen molar-refractivity contribution in [1.29, 1.82) is 0 Å². The third-order valence-corrected chi connectivity index (χ3v) is 2.91. The lowest BCUT2D eigenvalue weighted by Gasteiger charge is -2.01. The monoisotopic (exact) mass is 226 g/mol. The molecule has 4 nitrogen and oxygen atoms in total. The molecule has 0 fully saturated rings. The number of nitrogens with one attached hydrogen (secondary N) is 1. The van der Waals surface area contributed by atoms with Gasteiger partial charge in [0.25, 0.3) is 0 Å². The molecular weight excluding hydrogens is 208 g/mol. The molecule has 0 aliphatic carbocycles. The third-order valence-electron chi connectivity index (χ3n) is 1.87. The molecule has 0 bridgehead atoms. The summed E-state index contributed by atoms with van der Waals surface area (Å²) < 4.78 is 0. The molecular formula is C10H18N4S. The van der Waals surface area contributed by atoms with E-state index < -0.39 is 0 Å². The van der Waals surface area contributed by atoms with Crippen LogP contribution < -0.4 is 11.1 Å². The molecule has 0 unspecified atom stereocenters. The number of thiazole rings is 1. The fraction of sp³-hybridized carbons (Fsp3) is 0.600. The Morgan fingerprint density at radius 1 is 1.60 bits per heavy atom. The second-order valence-corrected chi connectivity index (χ2v) is 4.16. The molecule has 0 saturated heterocycles. The van der Waals surface area contributed by atoms with Crippen molar-refractivity contribution in [3.63, 3.8) is 0 Å². The Hall–Kier alpha value is -1.10. The summed E-state index contributed by atoms with van der Waals surface area (Å²) in [5.74, 6) is 0.503. The standard InChI is InChI=1S/C10H18N4S/c1-3-5-12-10(11)13-6-8-7-15-9(4-2)14-8/h7H,3-6H2,1-2H3,(H3,11,12,13). The Kier molecular flexibility index (Phi) is 5.10. The molecule has 0 aromatic carbocycles. The van der Waals surface area contributed by atoms with Crippen LogP contribution >= 0.6 is 11.3 Å². The first-order valence-electron chi connectivity index (χ1n) is 5.23. The first kappa shape index (κ1) is 12.0. The fourth-order valence-corrected chi connectivity index (χ4v) is 1.80. The van der Waals surface area contributed by atoms with E-state index in [-0.39, 0.29) is 0 Å². The van der Waals surface area contributed by atoms with Crippen LogP contribution in [-0.4, -0.2) is 17.5 Å². The van der Waals surface area contributed by atoms with Crippen LogP contribution in [0.3, 0.4) is 0 Å². The summed E-state index contributed by atoms with van der Waals surface area (Å²) in [6.07, 6.45) is 2.03. The van der Waals surface area contributed by atoms with Crippen LogP contribution in [-0.2, 0) is 13.0 Å². The average molecular weight is 226 g/mol. The van der Waals surface area contributed by atoms with Crippen molar-refractivity contribution in [3.05, 3.63) is 16.1 Å². The Morgan fingerprint density at radius 3 is 3.00 bits per heavy atom. The summed E-state index contributed by atoms with van der Waals surface area (Å²) in [5.41, 5.74) is 6.66. The van der Waals surface area contributed by atoms with Crippen LogP contribution in [0.2, 0.25) is 0 Å². The van der Waals surface area contributed by atoms with Crippen molar-refractivity contribution in [1.82, 2.24) is 10.3 Å². The Labute approximate surface area is 94.6 Å². The van der Waals surface area contributed by atoms with Crippen LogP contribution in [0.25, 0.3) is 0 Å². The summed E-state index contributed by atoms with van der Waals surface area (Å²) in [5, 5.41) is 6.22. The van der Waals surface area contributed by atoms with E-state index in [0.29, 0.717) is 12.5 Å². The number of guanidine groups is 1. The van der Waals surface area contributed by atoms with E-state index in [4.69, 9.17) is 5.73 Å². The smallest absolute Gasteiger partial charge is 0.188 e. The van der Waals surface area contributed by atoms with Gasteiger partial charge in [0.2, 0.25) is 0 Å². The minimum atomic E-state index is 0.503. The molecule has 0 saturated carbocycles. The topological polar surface area (TPSA) is 63.3 Å². The zero-order valence-electron chi connectivity index (χ0n) is 9.29. The van der Waals surface area contributed by atoms with Crippen molar-refractivity contribution < 1.29 is 0 Å². The number of hydrogen-bond donors (Lipinski definition) is 2. The Morgan fingerprint density at radius 2 is 2.40 bits per heavy atom. The van der Waals surface area contributed by atoms with Gasteiger partial charge in [-0.15, -0.1) is 11.3 Å². The van der Waals surface area contributed by atoms with Gasteiger partial charge in [-0.25, -0.2) is 9.98 Å². The lowest BCUT2D eigenvalue weighted by molar-refractivity contribution is 0.823. The minimum absolute atomic E-state index is 0.503. The molecule has 0 spiro atoms. The Bertz CT molecular complexity index is 319. The molecule has 0 amide bonds. The summed E-state index contributed by atoms with van der Waals surface area (Å²) in [6, 6.07) is 0. The van der Waals surface area contributed by atoms with E-state index in [0.717, 1.165) is 30.1 Å². The number of nitrogens with two attached hydrogens (primary N) is 1. The average Bonchev–Trinajstić information content (AvgIpc) is 2.71. The van der Waals surface area contributed by atoms with Crippen molar-refractivity contribution in [2.75, 3.05) is 6.54 Å². The van der Waals surface area contributed by atoms with Crippen molar-refractivity contribution in [2.24, 2.45) is 10.7 Å². The number of aromatic nitrogens is 1. The molecule has 1 heterocycles. The minimum Gasteiger partial charge on any atom is -0.370 e. The number of hydrogen-bond acceptors (Lipinski definition) is 3. The molecule has 1 rings (SSSR count). The van der Waals surface area contributed by atoms with Crippen LogP contribution in [0.1, 0.15) is 31.0 Å². The van der Waals surface area contributed by atoms with E-state index in [2.05, 4.69) is 29.1 Å². The highest BCUT2D eigenvalue weighted by molar-refractivity contribution is 7.09. The van der Waals surface area contributed by atoms with E-state index in [1.807, 2.05) is 5.38 Å². The largest absolute Gasteiger partial charge is 0.370 e. The summed E-state index contributed by atoms with van der Waals surface area (Å²) in [4.78, 5) is 8.62. The molecule has 0 radical (unpaired) electrons. The molecule has 0 atom stereocenters. The number of aryl methyl sites for hydroxylation is 1. The van der Waals surface area contributed by atoms with Crippen molar-refractivity contribution in [2.45, 2.75) is 33.2 Å². The maximum absolute atomic E-state index is 5.66. The number of aliphatic imine (C=N–C) groups is 1. The fourth-order valence-electron chi connectivity index (χ4n) is 1.06. The van der Waals surface area contributed by atoms with Gasteiger partial charge in [-0.3, -0.25) is 0 Å².